The Morgan fingerprint density at radius 1 is 1.24 bits per heavy atom. The van der Waals surface area contributed by atoms with E-state index in [9.17, 15) is 0 Å². The van der Waals surface area contributed by atoms with Gasteiger partial charge in [-0.05, 0) is 26.8 Å². The molecule has 3 N–H and O–H groups in total. The van der Waals surface area contributed by atoms with Crippen molar-refractivity contribution in [3.8, 4) is 0 Å². The number of hydrogen-bond acceptors (Lipinski definition) is 8. The molecule has 0 aromatic carbocycles. The van der Waals surface area contributed by atoms with Crippen LogP contribution < -0.4 is 11.1 Å². The van der Waals surface area contributed by atoms with Crippen LogP contribution in [0.15, 0.2) is 12.7 Å². The highest BCUT2D eigenvalue weighted by Gasteiger charge is 2.55. The third-order valence-electron chi connectivity index (χ3n) is 4.56. The number of anilines is 1. The molecule has 4 atom stereocenters. The number of fused-ring (bicyclic) bond motifs is 2. The molecule has 0 bridgehead atoms. The van der Waals surface area contributed by atoms with Gasteiger partial charge in [0.15, 0.2) is 23.5 Å². The fourth-order valence-corrected chi connectivity index (χ4v) is 3.52. The fourth-order valence-electron chi connectivity index (χ4n) is 3.52. The molecule has 0 spiro atoms. The van der Waals surface area contributed by atoms with E-state index < -0.39 is 5.79 Å². The predicted molar refractivity (Wildman–Crippen MR) is 90.6 cm³/mol. The maximum Gasteiger partial charge on any atom is 0.167 e. The largest absolute Gasteiger partial charge is 0.382 e. The average molecular weight is 348 g/mol. The number of nitrogens with zero attached hydrogens (tertiary/aromatic N) is 4. The molecule has 9 heteroatoms. The molecule has 9 nitrogen and oxygen atoms in total. The first-order valence-electron chi connectivity index (χ1n) is 8.65. The normalized spacial score (nSPS) is 30.8. The summed E-state index contributed by atoms with van der Waals surface area (Å²) in [6.07, 6.45) is 3.29. The Kier molecular flexibility index (Phi) is 4.11. The summed E-state index contributed by atoms with van der Waals surface area (Å²) in [4.78, 5) is 12.6. The quantitative estimate of drug-likeness (QED) is 0.765. The number of nitrogens with two attached hydrogens (primary N) is 1. The molecule has 2 aromatic rings. The van der Waals surface area contributed by atoms with Gasteiger partial charge in [-0.3, -0.25) is 4.57 Å². The van der Waals surface area contributed by atoms with Crippen molar-refractivity contribution in [2.45, 2.75) is 57.5 Å². The third kappa shape index (κ3) is 2.86. The smallest absolute Gasteiger partial charge is 0.167 e. The topological polar surface area (TPSA) is 109 Å². The summed E-state index contributed by atoms with van der Waals surface area (Å²) in [6.45, 7) is 7.61. The van der Waals surface area contributed by atoms with Crippen LogP contribution in [0.5, 0.6) is 0 Å². The van der Waals surface area contributed by atoms with Crippen LogP contribution in [0.4, 0.5) is 5.82 Å². The summed E-state index contributed by atoms with van der Waals surface area (Å²) in [5.74, 6) is -0.298. The summed E-state index contributed by atoms with van der Waals surface area (Å²) in [7, 11) is 0. The maximum atomic E-state index is 6.27. The zero-order chi connectivity index (χ0) is 17.6. The first-order chi connectivity index (χ1) is 12.0. The average Bonchev–Trinajstić information content (AvgIpc) is 3.20. The lowest BCUT2D eigenvalue weighted by Crippen LogP contribution is -2.37. The number of nitrogen functional groups attached to an aromatic ring is 1. The van der Waals surface area contributed by atoms with Crippen LogP contribution in [0, 0.1) is 0 Å². The van der Waals surface area contributed by atoms with Gasteiger partial charge in [0, 0.05) is 6.54 Å². The number of aromatic nitrogens is 4. The minimum absolute atomic E-state index is 0.111. The molecule has 4 rings (SSSR count). The van der Waals surface area contributed by atoms with E-state index in [-0.39, 0.29) is 24.5 Å². The van der Waals surface area contributed by atoms with Crippen molar-refractivity contribution in [1.29, 1.82) is 0 Å². The molecule has 0 radical (unpaired) electrons. The van der Waals surface area contributed by atoms with E-state index in [0.717, 1.165) is 13.0 Å². The van der Waals surface area contributed by atoms with E-state index in [1.165, 1.54) is 6.33 Å². The summed E-state index contributed by atoms with van der Waals surface area (Å²) in [5.41, 5.74) is 7.09. The second-order valence-corrected chi connectivity index (χ2v) is 6.92. The van der Waals surface area contributed by atoms with Crippen LogP contribution in [0.3, 0.4) is 0 Å². The molecule has 1 unspecified atom stereocenters. The molecule has 136 valence electrons. The van der Waals surface area contributed by atoms with Gasteiger partial charge in [0.1, 0.15) is 30.2 Å². The summed E-state index contributed by atoms with van der Waals surface area (Å²) < 4.78 is 20.4. The van der Waals surface area contributed by atoms with Crippen LogP contribution >= 0.6 is 0 Å². The van der Waals surface area contributed by atoms with E-state index in [4.69, 9.17) is 19.9 Å². The van der Waals surface area contributed by atoms with Gasteiger partial charge in [-0.25, -0.2) is 15.0 Å². The molecule has 4 heterocycles. The van der Waals surface area contributed by atoms with Crippen LogP contribution in [-0.4, -0.2) is 56.7 Å². The van der Waals surface area contributed by atoms with Crippen molar-refractivity contribution in [2.24, 2.45) is 0 Å². The second kappa shape index (κ2) is 6.17. The molecular formula is C16H24N6O3. The predicted octanol–water partition coefficient (Wildman–Crippen LogP) is 0.826. The molecule has 0 aliphatic carbocycles. The number of hydrogen-bond donors (Lipinski definition) is 2. The van der Waals surface area contributed by atoms with E-state index in [1.807, 2.05) is 18.4 Å². The molecule has 2 fully saturated rings. The highest BCUT2D eigenvalue weighted by molar-refractivity contribution is 5.81. The van der Waals surface area contributed by atoms with Crippen molar-refractivity contribution in [1.82, 2.24) is 24.8 Å². The van der Waals surface area contributed by atoms with Gasteiger partial charge in [0.05, 0.1) is 6.33 Å². The second-order valence-electron chi connectivity index (χ2n) is 6.92. The number of nitrogens with one attached hydrogen (secondary N) is 1. The lowest BCUT2D eigenvalue weighted by atomic mass is 10.1. The minimum Gasteiger partial charge on any atom is -0.382 e. The van der Waals surface area contributed by atoms with Crippen molar-refractivity contribution < 1.29 is 14.2 Å². The molecule has 2 saturated heterocycles. The maximum absolute atomic E-state index is 6.27. The monoisotopic (exact) mass is 348 g/mol. The molecule has 25 heavy (non-hydrogen) atoms. The van der Waals surface area contributed by atoms with E-state index in [0.29, 0.717) is 23.5 Å². The van der Waals surface area contributed by atoms with Crippen LogP contribution in [0.1, 0.15) is 33.4 Å². The summed E-state index contributed by atoms with van der Waals surface area (Å²) in [6, 6.07) is 0. The van der Waals surface area contributed by atoms with Gasteiger partial charge in [-0.15, -0.1) is 0 Å². The third-order valence-corrected chi connectivity index (χ3v) is 4.56. The Hall–Kier alpha value is -1.81. The first kappa shape index (κ1) is 16.6. The first-order valence-corrected chi connectivity index (χ1v) is 8.65. The highest BCUT2D eigenvalue weighted by atomic mass is 16.8. The van der Waals surface area contributed by atoms with Crippen molar-refractivity contribution >= 4 is 17.0 Å². The zero-order valence-electron chi connectivity index (χ0n) is 14.7. The lowest BCUT2D eigenvalue weighted by molar-refractivity contribution is -0.195. The number of rotatable bonds is 5. The van der Waals surface area contributed by atoms with Crippen LogP contribution in [0.2, 0.25) is 0 Å². The molecule has 2 aliphatic rings. The highest BCUT2D eigenvalue weighted by Crippen LogP contribution is 2.43. The molecule has 2 aromatic heterocycles. The number of imidazole rings is 1. The Labute approximate surface area is 145 Å². The summed E-state index contributed by atoms with van der Waals surface area (Å²) in [5, 5.41) is 3.40. The summed E-state index contributed by atoms with van der Waals surface area (Å²) >= 11 is 0. The van der Waals surface area contributed by atoms with Gasteiger partial charge < -0.3 is 25.3 Å². The van der Waals surface area contributed by atoms with Crippen molar-refractivity contribution in [2.75, 3.05) is 18.8 Å². The standard InChI is InChI=1S/C16H24N6O3/c1-4-5-18-6-9-11-12(25-16(2,3)24-11)15(23-9)22-8-21-10-13(17)19-7-20-14(10)22/h7-9,11-12,15,18H,4-6H2,1-3H3,(H2,17,19,20)/t9-,11-,12-,15?/m1/s1. The fraction of sp³-hybridized carbons (Fsp3) is 0.688. The SMILES string of the molecule is CCCNC[C@H]1OC(n2cnc3c(N)ncnc32)[C@@H]2OC(C)(C)O[C@H]12. The molecule has 2 aliphatic heterocycles. The Morgan fingerprint density at radius 3 is 2.84 bits per heavy atom. The lowest BCUT2D eigenvalue weighted by Gasteiger charge is -2.25. The molecule has 0 saturated carbocycles. The van der Waals surface area contributed by atoms with Gasteiger partial charge >= 0.3 is 0 Å². The van der Waals surface area contributed by atoms with Crippen molar-refractivity contribution in [3.63, 3.8) is 0 Å². The Bertz CT molecular complexity index is 763. The minimum atomic E-state index is -0.648. The van der Waals surface area contributed by atoms with Gasteiger partial charge in [-0.1, -0.05) is 6.92 Å². The Balaban J connectivity index is 1.65. The van der Waals surface area contributed by atoms with Gasteiger partial charge in [-0.2, -0.15) is 0 Å². The van der Waals surface area contributed by atoms with E-state index in [2.05, 4.69) is 27.2 Å². The van der Waals surface area contributed by atoms with Crippen LogP contribution in [-0.2, 0) is 14.2 Å². The van der Waals surface area contributed by atoms with Crippen LogP contribution in [0.25, 0.3) is 11.2 Å². The number of ether oxygens (including phenoxy) is 3. The molecular weight excluding hydrogens is 324 g/mol. The van der Waals surface area contributed by atoms with Gasteiger partial charge in [0.2, 0.25) is 0 Å². The van der Waals surface area contributed by atoms with E-state index in [1.54, 1.807) is 6.33 Å². The zero-order valence-corrected chi connectivity index (χ0v) is 14.7. The Morgan fingerprint density at radius 2 is 2.04 bits per heavy atom. The van der Waals surface area contributed by atoms with E-state index >= 15 is 0 Å². The van der Waals surface area contributed by atoms with Crippen molar-refractivity contribution in [3.05, 3.63) is 12.7 Å². The van der Waals surface area contributed by atoms with Gasteiger partial charge in [0.25, 0.3) is 0 Å². The molecule has 0 amide bonds.